The fraction of sp³-hybridized carbons (Fsp3) is 0.750. The van der Waals surface area contributed by atoms with Gasteiger partial charge in [0.1, 0.15) is 0 Å². The molecule has 0 radical (unpaired) electrons. The second kappa shape index (κ2) is 16.3. The highest BCUT2D eigenvalue weighted by molar-refractivity contribution is 5.68. The number of methoxy groups -OCH3 is 1. The second-order valence-electron chi connectivity index (χ2n) is 6.41. The van der Waals surface area contributed by atoms with Crippen molar-refractivity contribution < 1.29 is 24.9 Å². The summed E-state index contributed by atoms with van der Waals surface area (Å²) in [6.07, 6.45) is 13.5. The molecule has 0 aromatic heterocycles. The van der Waals surface area contributed by atoms with Gasteiger partial charge in [0.05, 0.1) is 13.2 Å². The van der Waals surface area contributed by atoms with Crippen molar-refractivity contribution in [2.45, 2.75) is 64.4 Å². The van der Waals surface area contributed by atoms with Crippen LogP contribution in [0.15, 0.2) is 24.3 Å². The lowest BCUT2D eigenvalue weighted by molar-refractivity contribution is -0.140. The minimum absolute atomic E-state index is 0.0198. The minimum Gasteiger partial charge on any atom is -0.469 e. The van der Waals surface area contributed by atoms with E-state index in [1.54, 1.807) is 6.08 Å². The van der Waals surface area contributed by atoms with E-state index in [1.807, 2.05) is 18.2 Å². The fourth-order valence-electron chi connectivity index (χ4n) is 2.58. The van der Waals surface area contributed by atoms with Crippen molar-refractivity contribution in [3.05, 3.63) is 24.3 Å². The molecule has 3 N–H and O–H groups in total. The fourth-order valence-corrected chi connectivity index (χ4v) is 2.58. The van der Waals surface area contributed by atoms with Crippen molar-refractivity contribution in [1.29, 1.82) is 0 Å². The number of allylic oxidation sites excluding steroid dienone is 2. The summed E-state index contributed by atoms with van der Waals surface area (Å²) in [4.78, 5) is 11.0. The van der Waals surface area contributed by atoms with Gasteiger partial charge in [0, 0.05) is 25.6 Å². The first kappa shape index (κ1) is 23.8. The molecule has 0 saturated carbocycles. The zero-order chi connectivity index (χ0) is 18.9. The summed E-state index contributed by atoms with van der Waals surface area (Å²) in [6, 6.07) is 0. The highest BCUT2D eigenvalue weighted by Gasteiger charge is 2.16. The maximum atomic E-state index is 11.0. The Morgan fingerprint density at radius 2 is 1.84 bits per heavy atom. The zero-order valence-electron chi connectivity index (χ0n) is 15.8. The van der Waals surface area contributed by atoms with Crippen molar-refractivity contribution in [3.8, 4) is 0 Å². The maximum absolute atomic E-state index is 11.0. The molecule has 0 fully saturated rings. The molecule has 0 bridgehead atoms. The van der Waals surface area contributed by atoms with E-state index in [0.29, 0.717) is 12.8 Å². The Hall–Kier alpha value is -1.17. The minimum atomic E-state index is -0.492. The van der Waals surface area contributed by atoms with E-state index in [0.717, 1.165) is 38.5 Å². The summed E-state index contributed by atoms with van der Waals surface area (Å²) in [6.45, 7) is 2.05. The van der Waals surface area contributed by atoms with Gasteiger partial charge in [0.25, 0.3) is 0 Å². The molecule has 0 aliphatic heterocycles. The smallest absolute Gasteiger partial charge is 0.305 e. The number of carbonyl (C=O) groups is 1. The predicted molar refractivity (Wildman–Crippen MR) is 100 cm³/mol. The zero-order valence-corrected chi connectivity index (χ0v) is 15.8. The lowest BCUT2D eigenvalue weighted by atomic mass is 9.89. The van der Waals surface area contributed by atoms with Crippen molar-refractivity contribution in [2.75, 3.05) is 20.3 Å². The molecule has 0 saturated heterocycles. The van der Waals surface area contributed by atoms with E-state index in [2.05, 4.69) is 11.7 Å². The van der Waals surface area contributed by atoms with Gasteiger partial charge < -0.3 is 20.1 Å². The Morgan fingerprint density at radius 1 is 1.08 bits per heavy atom. The van der Waals surface area contributed by atoms with Gasteiger partial charge in [-0.1, -0.05) is 50.5 Å². The molecule has 0 rings (SSSR count). The molecule has 0 aliphatic carbocycles. The predicted octanol–water partition coefficient (Wildman–Crippen LogP) is 2.99. The highest BCUT2D eigenvalue weighted by Crippen LogP contribution is 2.19. The molecule has 0 spiro atoms. The van der Waals surface area contributed by atoms with E-state index in [-0.39, 0.29) is 31.0 Å². The van der Waals surface area contributed by atoms with Gasteiger partial charge in [-0.15, -0.1) is 0 Å². The molecule has 5 nitrogen and oxygen atoms in total. The molecule has 25 heavy (non-hydrogen) atoms. The van der Waals surface area contributed by atoms with Gasteiger partial charge in [0.15, 0.2) is 0 Å². The molecule has 0 unspecified atom stereocenters. The molecule has 5 heteroatoms. The largest absolute Gasteiger partial charge is 0.469 e. The summed E-state index contributed by atoms with van der Waals surface area (Å²) in [7, 11) is 1.38. The molecule has 0 amide bonds. The Bertz CT molecular complexity index is 378. The molecule has 0 aromatic rings. The van der Waals surface area contributed by atoms with Crippen LogP contribution in [0.25, 0.3) is 0 Å². The Labute approximate surface area is 152 Å². The number of carbonyl (C=O) groups excluding carboxylic acids is 1. The van der Waals surface area contributed by atoms with Crippen LogP contribution in [-0.2, 0) is 9.53 Å². The number of aliphatic hydroxyl groups excluding tert-OH is 3. The Morgan fingerprint density at radius 3 is 2.44 bits per heavy atom. The molecule has 0 aliphatic rings. The third-order valence-corrected chi connectivity index (χ3v) is 4.32. The standard InChI is InChI=1S/C20H36O5/c1-3-4-7-11-19(23)14-13-18(16-22)17(15-21)10-8-5-6-9-12-20(24)25-2/h5,8,13-14,17-19,21-23H,3-4,6-7,9-12,15-16H2,1-2H3/b8-5-,14-13+/t17-,18-,19-/m0/s1. The van der Waals surface area contributed by atoms with Crippen molar-refractivity contribution in [1.82, 2.24) is 0 Å². The van der Waals surface area contributed by atoms with E-state index >= 15 is 0 Å². The number of ether oxygens (including phenoxy) is 1. The topological polar surface area (TPSA) is 87.0 Å². The first-order valence-corrected chi connectivity index (χ1v) is 9.38. The summed E-state index contributed by atoms with van der Waals surface area (Å²) >= 11 is 0. The van der Waals surface area contributed by atoms with Crippen molar-refractivity contribution >= 4 is 5.97 Å². The number of unbranched alkanes of at least 4 members (excludes halogenated alkanes) is 3. The van der Waals surface area contributed by atoms with Gasteiger partial charge >= 0.3 is 5.97 Å². The van der Waals surface area contributed by atoms with Crippen LogP contribution in [0, 0.1) is 11.8 Å². The van der Waals surface area contributed by atoms with Gasteiger partial charge in [-0.3, -0.25) is 4.79 Å². The lowest BCUT2D eigenvalue weighted by Crippen LogP contribution is -2.20. The van der Waals surface area contributed by atoms with Crippen LogP contribution in [0.5, 0.6) is 0 Å². The van der Waals surface area contributed by atoms with Crippen molar-refractivity contribution in [3.63, 3.8) is 0 Å². The van der Waals surface area contributed by atoms with Crippen molar-refractivity contribution in [2.24, 2.45) is 11.8 Å². The average Bonchev–Trinajstić information content (AvgIpc) is 2.62. The summed E-state index contributed by atoms with van der Waals surface area (Å²) in [5.74, 6) is -0.462. The van der Waals surface area contributed by atoms with Crippen LogP contribution in [0.3, 0.4) is 0 Å². The summed E-state index contributed by atoms with van der Waals surface area (Å²) in [5.41, 5.74) is 0. The van der Waals surface area contributed by atoms with E-state index < -0.39 is 6.10 Å². The van der Waals surface area contributed by atoms with Gasteiger partial charge in [-0.2, -0.15) is 0 Å². The quantitative estimate of drug-likeness (QED) is 0.238. The third kappa shape index (κ3) is 12.8. The van der Waals surface area contributed by atoms with Crippen LogP contribution < -0.4 is 0 Å². The Balaban J connectivity index is 4.25. The number of hydrogen-bond donors (Lipinski definition) is 3. The molecule has 0 aromatic carbocycles. The Kier molecular flexibility index (Phi) is 15.5. The molecule has 3 atom stereocenters. The second-order valence-corrected chi connectivity index (χ2v) is 6.41. The van der Waals surface area contributed by atoms with Crippen LogP contribution in [-0.4, -0.2) is 47.7 Å². The van der Waals surface area contributed by atoms with Crippen LogP contribution >= 0.6 is 0 Å². The number of aliphatic hydroxyl groups is 3. The molecule has 146 valence electrons. The van der Waals surface area contributed by atoms with E-state index in [9.17, 15) is 20.1 Å². The number of rotatable bonds is 15. The van der Waals surface area contributed by atoms with Crippen LogP contribution in [0.4, 0.5) is 0 Å². The first-order valence-electron chi connectivity index (χ1n) is 9.38. The van der Waals surface area contributed by atoms with Gasteiger partial charge in [-0.05, 0) is 31.6 Å². The summed E-state index contributed by atoms with van der Waals surface area (Å²) < 4.78 is 4.58. The highest BCUT2D eigenvalue weighted by atomic mass is 16.5. The normalized spacial score (nSPS) is 15.6. The van der Waals surface area contributed by atoms with Crippen LogP contribution in [0.1, 0.15) is 58.3 Å². The summed E-state index contributed by atoms with van der Waals surface area (Å²) in [5, 5.41) is 29.1. The SMILES string of the molecule is CCCCC[C@H](O)/C=C/[C@@H](CO)[C@H](CO)C/C=C\CCCC(=O)OC. The maximum Gasteiger partial charge on any atom is 0.305 e. The van der Waals surface area contributed by atoms with E-state index in [4.69, 9.17) is 0 Å². The average molecular weight is 357 g/mol. The molecular weight excluding hydrogens is 320 g/mol. The van der Waals surface area contributed by atoms with E-state index in [1.165, 1.54) is 7.11 Å². The number of hydrogen-bond acceptors (Lipinski definition) is 5. The van der Waals surface area contributed by atoms with Crippen LogP contribution in [0.2, 0.25) is 0 Å². The lowest BCUT2D eigenvalue weighted by Gasteiger charge is -2.20. The monoisotopic (exact) mass is 356 g/mol. The first-order chi connectivity index (χ1) is 12.1. The molecule has 0 heterocycles. The number of esters is 1. The third-order valence-electron chi connectivity index (χ3n) is 4.32. The molecular formula is C20H36O5. The van der Waals surface area contributed by atoms with Gasteiger partial charge in [-0.25, -0.2) is 0 Å². The van der Waals surface area contributed by atoms with Gasteiger partial charge in [0.2, 0.25) is 0 Å².